The first-order valence-corrected chi connectivity index (χ1v) is 14.7. The molecule has 0 radical (unpaired) electrons. The van der Waals surface area contributed by atoms with Crippen LogP contribution in [0.25, 0.3) is 0 Å². The molecule has 0 aromatic rings. The molecule has 0 aliphatic carbocycles. The summed E-state index contributed by atoms with van der Waals surface area (Å²) >= 11 is 0. The summed E-state index contributed by atoms with van der Waals surface area (Å²) < 4.78 is 26.1. The first-order valence-electron chi connectivity index (χ1n) is 13.2. The lowest BCUT2D eigenvalue weighted by atomic mass is 10.1. The van der Waals surface area contributed by atoms with Gasteiger partial charge in [-0.15, -0.1) is 0 Å². The van der Waals surface area contributed by atoms with E-state index >= 15 is 0 Å². The van der Waals surface area contributed by atoms with Gasteiger partial charge in [-0.25, -0.2) is 4.57 Å². The van der Waals surface area contributed by atoms with E-state index in [0.717, 1.165) is 38.5 Å². The van der Waals surface area contributed by atoms with E-state index in [1.54, 1.807) is 0 Å². The summed E-state index contributed by atoms with van der Waals surface area (Å²) in [7, 11) is -4.37. The molecule has 1 amide bonds. The Kier molecular flexibility index (Phi) is 22.3. The van der Waals surface area contributed by atoms with Crippen LogP contribution in [0.5, 0.6) is 0 Å². The van der Waals surface area contributed by atoms with E-state index in [9.17, 15) is 24.2 Å². The van der Waals surface area contributed by atoms with Crippen LogP contribution in [0.1, 0.15) is 104 Å². The van der Waals surface area contributed by atoms with Gasteiger partial charge in [-0.3, -0.25) is 18.6 Å². The molecule has 0 saturated heterocycles. The number of esters is 1. The topological polar surface area (TPSA) is 131 Å². The number of unbranched alkanes of at least 4 members (excludes halogenated alkanes) is 9. The maximum Gasteiger partial charge on any atom is 0.472 e. The van der Waals surface area contributed by atoms with Crippen LogP contribution < -0.4 is 5.32 Å². The molecule has 2 atom stereocenters. The summed E-state index contributed by atoms with van der Waals surface area (Å²) in [6.07, 6.45) is 17.2. The number of phosphoric acid groups is 1. The Morgan fingerprint density at radius 3 is 2.14 bits per heavy atom. The maximum atomic E-state index is 11.8. The van der Waals surface area contributed by atoms with Crippen molar-refractivity contribution in [3.63, 3.8) is 0 Å². The molecule has 35 heavy (non-hydrogen) atoms. The molecular formula is C25H48NO8P. The molecule has 206 valence electrons. The Balaban J connectivity index is 3.65. The summed E-state index contributed by atoms with van der Waals surface area (Å²) in [4.78, 5) is 32.6. The van der Waals surface area contributed by atoms with E-state index in [4.69, 9.17) is 13.8 Å². The lowest BCUT2D eigenvalue weighted by Gasteiger charge is -2.15. The maximum absolute atomic E-state index is 11.8. The zero-order valence-electron chi connectivity index (χ0n) is 21.8. The predicted octanol–water partition coefficient (Wildman–Crippen LogP) is 5.20. The van der Waals surface area contributed by atoms with Crippen molar-refractivity contribution in [3.8, 4) is 0 Å². The highest BCUT2D eigenvalue weighted by atomic mass is 31.2. The quantitative estimate of drug-likeness (QED) is 0.0684. The molecule has 0 saturated carbocycles. The second-order valence-electron chi connectivity index (χ2n) is 8.66. The fraction of sp³-hybridized carbons (Fsp3) is 0.840. The molecule has 3 N–H and O–H groups in total. The Labute approximate surface area is 211 Å². The zero-order chi connectivity index (χ0) is 26.2. The lowest BCUT2D eigenvalue weighted by molar-refractivity contribution is -0.147. The van der Waals surface area contributed by atoms with Crippen LogP contribution in [0.2, 0.25) is 0 Å². The molecule has 10 heteroatoms. The first-order chi connectivity index (χ1) is 16.8. The van der Waals surface area contributed by atoms with Crippen LogP contribution in [0.3, 0.4) is 0 Å². The smallest absolute Gasteiger partial charge is 0.463 e. The highest BCUT2D eigenvalue weighted by molar-refractivity contribution is 7.47. The van der Waals surface area contributed by atoms with Crippen molar-refractivity contribution in [1.29, 1.82) is 0 Å². The first kappa shape index (κ1) is 33.8. The van der Waals surface area contributed by atoms with Gasteiger partial charge in [-0.2, -0.15) is 0 Å². The summed E-state index contributed by atoms with van der Waals surface area (Å²) in [6, 6.07) is 0. The second kappa shape index (κ2) is 23.2. The van der Waals surface area contributed by atoms with E-state index in [1.165, 1.54) is 32.1 Å². The van der Waals surface area contributed by atoms with Crippen LogP contribution >= 0.6 is 7.82 Å². The van der Waals surface area contributed by atoms with Gasteiger partial charge >= 0.3 is 13.8 Å². The number of carbonyl (C=O) groups excluding carboxylic acids is 2. The van der Waals surface area contributed by atoms with E-state index in [1.807, 2.05) is 6.92 Å². The van der Waals surface area contributed by atoms with Crippen molar-refractivity contribution in [1.82, 2.24) is 5.32 Å². The number of phosphoric ester groups is 1. The number of amides is 1. The van der Waals surface area contributed by atoms with E-state index in [-0.39, 0.29) is 32.1 Å². The minimum atomic E-state index is -4.37. The molecule has 0 heterocycles. The average molecular weight is 522 g/mol. The summed E-state index contributed by atoms with van der Waals surface area (Å²) in [5, 5.41) is 12.3. The molecule has 0 aliphatic rings. The van der Waals surface area contributed by atoms with Gasteiger partial charge in [-0.05, 0) is 38.5 Å². The molecule has 0 aliphatic heterocycles. The Morgan fingerprint density at radius 2 is 1.49 bits per heavy atom. The Hall–Kier alpha value is -1.25. The molecule has 0 fully saturated rings. The van der Waals surface area contributed by atoms with Crippen molar-refractivity contribution in [2.45, 2.75) is 110 Å². The van der Waals surface area contributed by atoms with Gasteiger partial charge in [-0.1, -0.05) is 64.5 Å². The van der Waals surface area contributed by atoms with E-state index in [0.29, 0.717) is 12.8 Å². The molecule has 0 bridgehead atoms. The standard InChI is InChI=1S/C25H48NO8P/c1-3-5-6-7-8-9-10-11-12-13-14-15-16-18-25(29)32-21-23(27)22-34-35(30,31)33-20-19-26-24(28)17-4-2/h9-10,23,27H,3-8,11-22H2,1-2H3,(H,26,28)(H,30,31)/b10-9-. The van der Waals surface area contributed by atoms with Gasteiger partial charge < -0.3 is 20.1 Å². The highest BCUT2D eigenvalue weighted by Gasteiger charge is 2.23. The van der Waals surface area contributed by atoms with Crippen LogP contribution in [0, 0.1) is 0 Å². The third-order valence-electron chi connectivity index (χ3n) is 5.17. The van der Waals surface area contributed by atoms with Gasteiger partial charge in [0.05, 0.1) is 13.2 Å². The number of hydrogen-bond donors (Lipinski definition) is 3. The Morgan fingerprint density at radius 1 is 0.857 bits per heavy atom. The fourth-order valence-electron chi connectivity index (χ4n) is 3.18. The van der Waals surface area contributed by atoms with Gasteiger partial charge in [0, 0.05) is 19.4 Å². The highest BCUT2D eigenvalue weighted by Crippen LogP contribution is 2.42. The molecule has 9 nitrogen and oxygen atoms in total. The molecule has 0 aromatic heterocycles. The number of allylic oxidation sites excluding steroid dienone is 2. The van der Waals surface area contributed by atoms with Gasteiger partial charge in [0.25, 0.3) is 0 Å². The zero-order valence-corrected chi connectivity index (χ0v) is 22.6. The molecular weight excluding hydrogens is 473 g/mol. The normalized spacial score (nSPS) is 14.1. The molecule has 0 rings (SSSR count). The van der Waals surface area contributed by atoms with Crippen molar-refractivity contribution < 1.29 is 37.9 Å². The molecule has 0 spiro atoms. The van der Waals surface area contributed by atoms with Gasteiger partial charge in [0.2, 0.25) is 5.91 Å². The average Bonchev–Trinajstić information content (AvgIpc) is 2.82. The number of hydrogen-bond acceptors (Lipinski definition) is 7. The Bertz CT molecular complexity index is 614. The summed E-state index contributed by atoms with van der Waals surface area (Å²) in [5.74, 6) is -0.584. The van der Waals surface area contributed by atoms with Gasteiger partial charge in [0.1, 0.15) is 12.7 Å². The van der Waals surface area contributed by atoms with Crippen molar-refractivity contribution in [3.05, 3.63) is 12.2 Å². The van der Waals surface area contributed by atoms with Crippen LogP contribution in [-0.2, 0) is 27.9 Å². The lowest BCUT2D eigenvalue weighted by Crippen LogP contribution is -2.27. The monoisotopic (exact) mass is 521 g/mol. The third kappa shape index (κ3) is 24.2. The van der Waals surface area contributed by atoms with Crippen LogP contribution in [0.4, 0.5) is 0 Å². The largest absolute Gasteiger partial charge is 0.472 e. The number of aliphatic hydroxyl groups excluding tert-OH is 1. The predicted molar refractivity (Wildman–Crippen MR) is 137 cm³/mol. The van der Waals surface area contributed by atoms with Gasteiger partial charge in [0.15, 0.2) is 0 Å². The fourth-order valence-corrected chi connectivity index (χ4v) is 3.94. The minimum Gasteiger partial charge on any atom is -0.463 e. The number of carbonyl (C=O) groups is 2. The van der Waals surface area contributed by atoms with Crippen molar-refractivity contribution in [2.24, 2.45) is 0 Å². The number of rotatable bonds is 24. The number of aliphatic hydroxyl groups is 1. The third-order valence-corrected chi connectivity index (χ3v) is 6.15. The summed E-state index contributed by atoms with van der Waals surface area (Å²) in [5.41, 5.74) is 0. The van der Waals surface area contributed by atoms with Crippen LogP contribution in [-0.4, -0.2) is 54.3 Å². The number of ether oxygens (including phenoxy) is 1. The molecule has 0 aromatic carbocycles. The SMILES string of the molecule is CCCCCC/C=C\CCCCCCCC(=O)OCC(O)COP(=O)(O)OCCNC(=O)CCC. The minimum absolute atomic E-state index is 0.0726. The summed E-state index contributed by atoms with van der Waals surface area (Å²) in [6.45, 7) is 3.12. The van der Waals surface area contributed by atoms with Crippen molar-refractivity contribution in [2.75, 3.05) is 26.4 Å². The second-order valence-corrected chi connectivity index (χ2v) is 10.1. The molecule has 2 unspecified atom stereocenters. The van der Waals surface area contributed by atoms with E-state index in [2.05, 4.69) is 24.4 Å². The van der Waals surface area contributed by atoms with Crippen LogP contribution in [0.15, 0.2) is 12.2 Å². The number of nitrogens with one attached hydrogen (secondary N) is 1. The van der Waals surface area contributed by atoms with E-state index < -0.39 is 26.5 Å². The van der Waals surface area contributed by atoms with Crippen molar-refractivity contribution >= 4 is 19.7 Å².